The number of benzene rings is 3. The first-order chi connectivity index (χ1) is 29.5. The van der Waals surface area contributed by atoms with Gasteiger partial charge in [-0.25, -0.2) is 9.97 Å². The molecule has 4 heteroatoms. The second kappa shape index (κ2) is 14.9. The van der Waals surface area contributed by atoms with E-state index in [9.17, 15) is 0 Å². The van der Waals surface area contributed by atoms with Gasteiger partial charge in [-0.3, -0.25) is 4.98 Å². The molecule has 4 nitrogen and oxygen atoms in total. The molecule has 0 radical (unpaired) electrons. The third kappa shape index (κ3) is 6.25. The lowest BCUT2D eigenvalue weighted by atomic mass is 9.59. The van der Waals surface area contributed by atoms with E-state index in [1.807, 2.05) is 12.3 Å². The van der Waals surface area contributed by atoms with Crippen molar-refractivity contribution < 1.29 is 0 Å². The second-order valence-electron chi connectivity index (χ2n) is 17.4. The minimum atomic E-state index is -0.216. The van der Waals surface area contributed by atoms with E-state index in [4.69, 9.17) is 9.97 Å². The molecule has 0 fully saturated rings. The average Bonchev–Trinajstić information content (AvgIpc) is 3.32. The first-order valence-corrected chi connectivity index (χ1v) is 21.6. The van der Waals surface area contributed by atoms with Crippen LogP contribution in [0.5, 0.6) is 0 Å². The maximum absolute atomic E-state index is 5.70. The molecule has 6 aliphatic rings. The summed E-state index contributed by atoms with van der Waals surface area (Å²) in [7, 11) is 0. The molecule has 5 aliphatic carbocycles. The quantitative estimate of drug-likeness (QED) is 0.175. The van der Waals surface area contributed by atoms with Crippen LogP contribution in [0.25, 0.3) is 38.4 Å². The summed E-state index contributed by atoms with van der Waals surface area (Å²) in [6, 6.07) is 28.6. The van der Waals surface area contributed by atoms with E-state index in [2.05, 4.69) is 200 Å². The number of hydrogen-bond acceptors (Lipinski definition) is 4. The largest absolute Gasteiger partial charge is 0.380 e. The molecule has 0 spiro atoms. The molecule has 0 bridgehead atoms. The first-order valence-electron chi connectivity index (χ1n) is 21.6. The zero-order valence-electron chi connectivity index (χ0n) is 34.1. The Hall–Kier alpha value is -6.65. The van der Waals surface area contributed by atoms with Gasteiger partial charge in [-0.05, 0) is 97.5 Å². The number of hydrogen-bond donors (Lipinski definition) is 1. The van der Waals surface area contributed by atoms with Gasteiger partial charge in [0.1, 0.15) is 5.82 Å². The van der Waals surface area contributed by atoms with Gasteiger partial charge in [0, 0.05) is 42.3 Å². The van der Waals surface area contributed by atoms with Crippen molar-refractivity contribution in [1.82, 2.24) is 20.3 Å². The van der Waals surface area contributed by atoms with E-state index in [0.29, 0.717) is 5.92 Å². The number of fused-ring (bicyclic) bond motifs is 5. The van der Waals surface area contributed by atoms with Crippen LogP contribution in [0.1, 0.15) is 60.6 Å². The lowest BCUT2D eigenvalue weighted by Gasteiger charge is -2.46. The van der Waals surface area contributed by atoms with Gasteiger partial charge in [-0.2, -0.15) is 0 Å². The van der Waals surface area contributed by atoms with Gasteiger partial charge < -0.3 is 5.32 Å². The van der Waals surface area contributed by atoms with E-state index in [1.54, 1.807) is 0 Å². The van der Waals surface area contributed by atoms with Crippen molar-refractivity contribution in [1.29, 1.82) is 0 Å². The third-order valence-corrected chi connectivity index (χ3v) is 14.1. The highest BCUT2D eigenvalue weighted by Gasteiger charge is 2.45. The Morgan fingerprint density at radius 1 is 0.650 bits per heavy atom. The fourth-order valence-corrected chi connectivity index (χ4v) is 10.6. The van der Waals surface area contributed by atoms with Gasteiger partial charge in [0.05, 0.1) is 22.8 Å². The molecule has 1 N–H and O–H groups in total. The summed E-state index contributed by atoms with van der Waals surface area (Å²) in [5.74, 6) is 1.91. The van der Waals surface area contributed by atoms with Crippen LogP contribution < -0.4 is 5.32 Å². The van der Waals surface area contributed by atoms with Gasteiger partial charge >= 0.3 is 0 Å². The Bertz CT molecular complexity index is 2910. The average molecular weight is 777 g/mol. The summed E-state index contributed by atoms with van der Waals surface area (Å²) in [6.07, 6.45) is 41.5. The minimum Gasteiger partial charge on any atom is -0.380 e. The Morgan fingerprint density at radius 2 is 1.42 bits per heavy atom. The van der Waals surface area contributed by atoms with E-state index in [1.165, 1.54) is 49.4 Å². The molecule has 3 heterocycles. The van der Waals surface area contributed by atoms with Crippen LogP contribution in [0.15, 0.2) is 199 Å². The molecule has 3 aromatic carbocycles. The summed E-state index contributed by atoms with van der Waals surface area (Å²) in [6.45, 7) is 5.67. The number of dihydropyridines is 1. The highest BCUT2D eigenvalue weighted by molar-refractivity contribution is 6.12. The SMILES string of the molecule is CC1C(c2nc(C3=CC=CC4C=CC=CC34)cc(C3C=CC=C4C=CC=CC43)n2)C=C(c2cc3ccccc3c3ccccc23)CC1(C)C1=CC=C(c2ccccn2)NC1. The molecule has 60 heavy (non-hydrogen) atoms. The monoisotopic (exact) mass is 776 g/mol. The van der Waals surface area contributed by atoms with Crippen molar-refractivity contribution in [2.75, 3.05) is 6.54 Å². The second-order valence-corrected chi connectivity index (χ2v) is 17.4. The number of nitrogens with one attached hydrogen (secondary N) is 1. The third-order valence-electron chi connectivity index (χ3n) is 14.1. The molecule has 2 aromatic heterocycles. The predicted octanol–water partition coefficient (Wildman–Crippen LogP) is 12.6. The topological polar surface area (TPSA) is 50.7 Å². The highest BCUT2D eigenvalue weighted by Crippen LogP contribution is 2.55. The van der Waals surface area contributed by atoms with Gasteiger partial charge in [0.15, 0.2) is 0 Å². The maximum atomic E-state index is 5.70. The summed E-state index contributed by atoms with van der Waals surface area (Å²) in [5.41, 5.74) is 10.5. The maximum Gasteiger partial charge on any atom is 0.136 e. The van der Waals surface area contributed by atoms with Gasteiger partial charge in [0.2, 0.25) is 0 Å². The van der Waals surface area contributed by atoms with Crippen molar-refractivity contribution in [3.8, 4) is 0 Å². The molecule has 5 aromatic rings. The van der Waals surface area contributed by atoms with Gasteiger partial charge in [-0.1, -0.05) is 166 Å². The van der Waals surface area contributed by atoms with Crippen molar-refractivity contribution in [2.45, 2.75) is 32.1 Å². The Kier molecular flexibility index (Phi) is 9.03. The number of pyridine rings is 1. The summed E-state index contributed by atoms with van der Waals surface area (Å²) >= 11 is 0. The summed E-state index contributed by atoms with van der Waals surface area (Å²) < 4.78 is 0. The fraction of sp³-hybridized carbons (Fsp3) is 0.196. The Balaban J connectivity index is 1.11. The van der Waals surface area contributed by atoms with Crippen LogP contribution in [-0.2, 0) is 0 Å². The molecule has 0 amide bonds. The molecule has 7 unspecified atom stereocenters. The Labute approximate surface area is 353 Å². The molecule has 0 saturated carbocycles. The normalized spacial score (nSPS) is 27.7. The summed E-state index contributed by atoms with van der Waals surface area (Å²) in [5, 5.41) is 8.89. The smallest absolute Gasteiger partial charge is 0.136 e. The molecule has 292 valence electrons. The minimum absolute atomic E-state index is 0.0496. The van der Waals surface area contributed by atoms with E-state index in [0.717, 1.165) is 41.6 Å². The van der Waals surface area contributed by atoms with Crippen LogP contribution in [0, 0.1) is 29.1 Å². The fourth-order valence-electron chi connectivity index (χ4n) is 10.6. The van der Waals surface area contributed by atoms with Crippen molar-refractivity contribution in [2.24, 2.45) is 29.1 Å². The van der Waals surface area contributed by atoms with Crippen molar-refractivity contribution >= 4 is 38.4 Å². The standard InChI is InChI=1S/C56H48N4/c1-36-49(55-59-53(47-25-13-18-37-15-3-6-20-42(37)47)33-54(60-55)48-26-14-19-38-16-4-7-21-43(38)48)32-40(50-31-39-17-5-8-22-44(39)45-23-9-10-24-46(45)50)34-56(36,2)41-28-29-52(58-35-41)51-27-11-12-30-57-51/h3-33,36-37,42-43,48-49,58H,34-35H2,1-2H3. The number of rotatable bonds is 6. The van der Waals surface area contributed by atoms with Crippen LogP contribution >= 0.6 is 0 Å². The zero-order chi connectivity index (χ0) is 40.2. The number of nitrogens with zero attached hydrogens (tertiary/aromatic N) is 3. The number of allylic oxidation sites excluding steroid dienone is 20. The van der Waals surface area contributed by atoms with E-state index in [-0.39, 0.29) is 35.0 Å². The molecule has 11 rings (SSSR count). The number of aromatic nitrogens is 3. The first kappa shape index (κ1) is 36.4. The van der Waals surface area contributed by atoms with Crippen LogP contribution in [0.2, 0.25) is 0 Å². The van der Waals surface area contributed by atoms with E-state index < -0.39 is 0 Å². The molecule has 7 atom stereocenters. The van der Waals surface area contributed by atoms with Crippen LogP contribution in [0.4, 0.5) is 0 Å². The highest BCUT2D eigenvalue weighted by atomic mass is 14.9. The molecular weight excluding hydrogens is 729 g/mol. The molecule has 0 saturated heterocycles. The molecular formula is C56H48N4. The Morgan fingerprint density at radius 3 is 2.28 bits per heavy atom. The summed E-state index contributed by atoms with van der Waals surface area (Å²) in [4.78, 5) is 16.0. The van der Waals surface area contributed by atoms with Gasteiger partial charge in [-0.15, -0.1) is 0 Å². The van der Waals surface area contributed by atoms with Crippen molar-refractivity contribution in [3.63, 3.8) is 0 Å². The zero-order valence-corrected chi connectivity index (χ0v) is 34.1. The predicted molar refractivity (Wildman–Crippen MR) is 249 cm³/mol. The lowest BCUT2D eigenvalue weighted by molar-refractivity contribution is 0.222. The van der Waals surface area contributed by atoms with Gasteiger partial charge in [0.25, 0.3) is 0 Å². The van der Waals surface area contributed by atoms with E-state index >= 15 is 0 Å². The lowest BCUT2D eigenvalue weighted by Crippen LogP contribution is -2.39. The van der Waals surface area contributed by atoms with Crippen LogP contribution in [-0.4, -0.2) is 21.5 Å². The molecule has 1 aliphatic heterocycles. The van der Waals surface area contributed by atoms with Crippen LogP contribution in [0.3, 0.4) is 0 Å². The van der Waals surface area contributed by atoms with Crippen molar-refractivity contribution in [3.05, 3.63) is 228 Å².